The maximum atomic E-state index is 13.1. The van der Waals surface area contributed by atoms with Crippen LogP contribution in [0.25, 0.3) is 6.08 Å². The Kier molecular flexibility index (Phi) is 6.39. The number of nitrogens with zero attached hydrogens (tertiary/aromatic N) is 2. The summed E-state index contributed by atoms with van der Waals surface area (Å²) in [6.45, 7) is 6.11. The summed E-state index contributed by atoms with van der Waals surface area (Å²) in [7, 11) is 0. The number of anilines is 1. The number of thiocarbonyl (C=S) groups is 1. The fourth-order valence-electron chi connectivity index (χ4n) is 3.15. The zero-order valence-electron chi connectivity index (χ0n) is 16.3. The average Bonchev–Trinajstić information content (AvgIpc) is 2.72. The molecule has 1 fully saturated rings. The minimum atomic E-state index is -0.525. The molecule has 5 nitrogen and oxygen atoms in total. The SMILES string of the molecule is CCN(CC)c1ccc(C=C2C(=O)NC(=S)N(Cc3ccc(F)cc3)C2=O)cc1. The first-order valence-corrected chi connectivity index (χ1v) is 9.82. The summed E-state index contributed by atoms with van der Waals surface area (Å²) in [5, 5.41) is 2.60. The van der Waals surface area contributed by atoms with Gasteiger partial charge in [-0.15, -0.1) is 0 Å². The number of rotatable bonds is 6. The van der Waals surface area contributed by atoms with Crippen molar-refractivity contribution in [1.82, 2.24) is 10.2 Å². The van der Waals surface area contributed by atoms with Crippen LogP contribution in [0.1, 0.15) is 25.0 Å². The fraction of sp³-hybridized carbons (Fsp3) is 0.227. The molecule has 1 heterocycles. The van der Waals surface area contributed by atoms with Crippen LogP contribution >= 0.6 is 12.2 Å². The van der Waals surface area contributed by atoms with Crippen molar-refractivity contribution in [3.05, 3.63) is 71.0 Å². The third kappa shape index (κ3) is 4.68. The molecule has 0 radical (unpaired) electrons. The molecule has 2 aromatic carbocycles. The number of carbonyl (C=O) groups excluding carboxylic acids is 2. The second kappa shape index (κ2) is 8.96. The molecule has 0 aliphatic carbocycles. The van der Waals surface area contributed by atoms with Crippen LogP contribution in [-0.2, 0) is 16.1 Å². The monoisotopic (exact) mass is 411 g/mol. The minimum Gasteiger partial charge on any atom is -0.372 e. The van der Waals surface area contributed by atoms with Crippen molar-refractivity contribution in [2.75, 3.05) is 18.0 Å². The first-order chi connectivity index (χ1) is 13.9. The van der Waals surface area contributed by atoms with Crippen LogP contribution in [0.4, 0.5) is 10.1 Å². The lowest BCUT2D eigenvalue weighted by molar-refractivity contribution is -0.129. The molecule has 3 rings (SSSR count). The Hall–Kier alpha value is -3.06. The summed E-state index contributed by atoms with van der Waals surface area (Å²) in [6.07, 6.45) is 1.56. The second-order valence-corrected chi connectivity index (χ2v) is 6.99. The maximum Gasteiger partial charge on any atom is 0.265 e. The molecule has 150 valence electrons. The Balaban J connectivity index is 1.84. The smallest absolute Gasteiger partial charge is 0.265 e. The van der Waals surface area contributed by atoms with Gasteiger partial charge in [-0.1, -0.05) is 24.3 Å². The number of amides is 2. The van der Waals surface area contributed by atoms with Gasteiger partial charge < -0.3 is 4.90 Å². The highest BCUT2D eigenvalue weighted by Crippen LogP contribution is 2.20. The summed E-state index contributed by atoms with van der Waals surface area (Å²) >= 11 is 5.16. The third-order valence-corrected chi connectivity index (χ3v) is 5.09. The summed E-state index contributed by atoms with van der Waals surface area (Å²) < 4.78 is 13.1. The van der Waals surface area contributed by atoms with E-state index in [2.05, 4.69) is 24.1 Å². The van der Waals surface area contributed by atoms with Crippen LogP contribution in [-0.4, -0.2) is 34.9 Å². The van der Waals surface area contributed by atoms with E-state index in [1.54, 1.807) is 18.2 Å². The Morgan fingerprint density at radius 1 is 1.03 bits per heavy atom. The Bertz CT molecular complexity index is 951. The normalized spacial score (nSPS) is 15.6. The van der Waals surface area contributed by atoms with Gasteiger partial charge in [0.05, 0.1) is 6.54 Å². The van der Waals surface area contributed by atoms with E-state index in [-0.39, 0.29) is 23.0 Å². The van der Waals surface area contributed by atoms with Gasteiger partial charge in [-0.05, 0) is 67.5 Å². The first kappa shape index (κ1) is 20.7. The van der Waals surface area contributed by atoms with Crippen LogP contribution in [0, 0.1) is 5.82 Å². The van der Waals surface area contributed by atoms with Crippen LogP contribution in [0.5, 0.6) is 0 Å². The van der Waals surface area contributed by atoms with Gasteiger partial charge in [-0.2, -0.15) is 0 Å². The summed E-state index contributed by atoms with van der Waals surface area (Å²) in [5.74, 6) is -1.36. The topological polar surface area (TPSA) is 52.7 Å². The lowest BCUT2D eigenvalue weighted by Crippen LogP contribution is -2.53. The van der Waals surface area contributed by atoms with Gasteiger partial charge in [-0.25, -0.2) is 4.39 Å². The number of hydrogen-bond acceptors (Lipinski definition) is 4. The number of carbonyl (C=O) groups is 2. The zero-order chi connectivity index (χ0) is 21.0. The zero-order valence-corrected chi connectivity index (χ0v) is 17.1. The highest BCUT2D eigenvalue weighted by Gasteiger charge is 2.33. The van der Waals surface area contributed by atoms with E-state index in [0.29, 0.717) is 5.56 Å². The van der Waals surface area contributed by atoms with Crippen molar-refractivity contribution in [3.63, 3.8) is 0 Å². The molecule has 0 bridgehead atoms. The summed E-state index contributed by atoms with van der Waals surface area (Å²) in [5.41, 5.74) is 2.54. The highest BCUT2D eigenvalue weighted by molar-refractivity contribution is 7.80. The Morgan fingerprint density at radius 2 is 1.66 bits per heavy atom. The van der Waals surface area contributed by atoms with Crippen molar-refractivity contribution < 1.29 is 14.0 Å². The van der Waals surface area contributed by atoms with Gasteiger partial charge in [0.2, 0.25) is 0 Å². The molecular formula is C22H22FN3O2S. The molecule has 0 spiro atoms. The van der Waals surface area contributed by atoms with Crippen LogP contribution in [0.2, 0.25) is 0 Å². The third-order valence-electron chi connectivity index (χ3n) is 4.77. The van der Waals surface area contributed by atoms with Crippen molar-refractivity contribution in [3.8, 4) is 0 Å². The average molecular weight is 412 g/mol. The number of nitrogens with one attached hydrogen (secondary N) is 1. The van der Waals surface area contributed by atoms with Gasteiger partial charge >= 0.3 is 0 Å². The van der Waals surface area contributed by atoms with E-state index in [4.69, 9.17) is 12.2 Å². The van der Waals surface area contributed by atoms with Gasteiger partial charge in [0.15, 0.2) is 5.11 Å². The van der Waals surface area contributed by atoms with Gasteiger partial charge in [-0.3, -0.25) is 19.8 Å². The van der Waals surface area contributed by atoms with Crippen molar-refractivity contribution >= 4 is 40.9 Å². The molecule has 1 aliphatic heterocycles. The molecule has 2 aromatic rings. The first-order valence-electron chi connectivity index (χ1n) is 9.41. The van der Waals surface area contributed by atoms with Crippen LogP contribution < -0.4 is 10.2 Å². The molecule has 1 saturated heterocycles. The van der Waals surface area contributed by atoms with Crippen molar-refractivity contribution in [1.29, 1.82) is 0 Å². The lowest BCUT2D eigenvalue weighted by Gasteiger charge is -2.29. The van der Waals surface area contributed by atoms with E-state index in [0.717, 1.165) is 24.3 Å². The summed E-state index contributed by atoms with van der Waals surface area (Å²) in [6, 6.07) is 13.5. The minimum absolute atomic E-state index is 0.0105. The number of benzene rings is 2. The quantitative estimate of drug-likeness (QED) is 0.449. The Morgan fingerprint density at radius 3 is 2.24 bits per heavy atom. The molecule has 0 saturated carbocycles. The van der Waals surface area contributed by atoms with Gasteiger partial charge in [0.25, 0.3) is 11.8 Å². The van der Waals surface area contributed by atoms with Gasteiger partial charge in [0.1, 0.15) is 11.4 Å². The van der Waals surface area contributed by atoms with Crippen molar-refractivity contribution in [2.24, 2.45) is 0 Å². The summed E-state index contributed by atoms with van der Waals surface area (Å²) in [4.78, 5) is 28.8. The second-order valence-electron chi connectivity index (χ2n) is 6.60. The molecule has 7 heteroatoms. The largest absolute Gasteiger partial charge is 0.372 e. The molecule has 0 unspecified atom stereocenters. The fourth-order valence-corrected chi connectivity index (χ4v) is 3.39. The van der Waals surface area contributed by atoms with Crippen LogP contribution in [0.15, 0.2) is 54.1 Å². The molecule has 2 amide bonds. The molecule has 1 N–H and O–H groups in total. The molecule has 1 aliphatic rings. The number of halogens is 1. The molecular weight excluding hydrogens is 389 g/mol. The Labute approximate surface area is 174 Å². The van der Waals surface area contributed by atoms with E-state index in [1.807, 2.05) is 24.3 Å². The van der Waals surface area contributed by atoms with Crippen LogP contribution in [0.3, 0.4) is 0 Å². The van der Waals surface area contributed by atoms with E-state index < -0.39 is 11.8 Å². The predicted molar refractivity (Wildman–Crippen MR) is 116 cm³/mol. The molecule has 29 heavy (non-hydrogen) atoms. The van der Waals surface area contributed by atoms with Crippen molar-refractivity contribution in [2.45, 2.75) is 20.4 Å². The lowest BCUT2D eigenvalue weighted by atomic mass is 10.1. The molecule has 0 atom stereocenters. The highest BCUT2D eigenvalue weighted by atomic mass is 32.1. The van der Waals surface area contributed by atoms with E-state index >= 15 is 0 Å². The standard InChI is InChI=1S/C22H22FN3O2S/c1-3-25(4-2)18-11-7-15(8-12-18)13-19-20(27)24-22(29)26(21(19)28)14-16-5-9-17(23)10-6-16/h5-13H,3-4,14H2,1-2H3,(H,24,27,29). The molecule has 0 aromatic heterocycles. The number of hydrogen-bond donors (Lipinski definition) is 1. The predicted octanol–water partition coefficient (Wildman–Crippen LogP) is 3.50. The van der Waals surface area contributed by atoms with E-state index in [1.165, 1.54) is 17.0 Å². The maximum absolute atomic E-state index is 13.1. The van der Waals surface area contributed by atoms with E-state index in [9.17, 15) is 14.0 Å². The van der Waals surface area contributed by atoms with Gasteiger partial charge in [0, 0.05) is 18.8 Å².